The molecule has 2 rings (SSSR count). The van der Waals surface area contributed by atoms with Crippen LogP contribution in [-0.2, 0) is 4.74 Å². The van der Waals surface area contributed by atoms with Crippen LogP contribution in [0.25, 0.3) is 0 Å². The van der Waals surface area contributed by atoms with E-state index in [9.17, 15) is 0 Å². The molecule has 0 bridgehead atoms. The van der Waals surface area contributed by atoms with Gasteiger partial charge in [0.2, 0.25) is 11.8 Å². The Balaban J connectivity index is 1.92. The number of rotatable bonds is 4. The Hall–Kier alpha value is -1.07. The van der Waals surface area contributed by atoms with Gasteiger partial charge in [0, 0.05) is 13.7 Å². The lowest BCUT2D eigenvalue weighted by molar-refractivity contribution is -0.0119. The first-order valence-electron chi connectivity index (χ1n) is 5.74. The van der Waals surface area contributed by atoms with Gasteiger partial charge in [-0.1, -0.05) is 11.6 Å². The molecule has 0 aromatic carbocycles. The molecule has 1 fully saturated rings. The van der Waals surface area contributed by atoms with Gasteiger partial charge in [0.15, 0.2) is 0 Å². The molecule has 0 amide bonds. The number of aromatic nitrogens is 2. The molecular formula is C11H16ClN3O2. The van der Waals surface area contributed by atoms with E-state index in [1.165, 1.54) is 12.6 Å². The van der Waals surface area contributed by atoms with Crippen LogP contribution < -0.4 is 10.1 Å². The second kappa shape index (κ2) is 6.02. The normalized spacial score (nSPS) is 20.0. The highest BCUT2D eigenvalue weighted by atomic mass is 35.5. The van der Waals surface area contributed by atoms with Crippen molar-refractivity contribution in [1.82, 2.24) is 9.97 Å². The van der Waals surface area contributed by atoms with Gasteiger partial charge in [-0.05, 0) is 19.3 Å². The van der Waals surface area contributed by atoms with E-state index < -0.39 is 0 Å². The Bertz CT molecular complexity index is 370. The molecule has 1 atom stereocenters. The maximum atomic E-state index is 5.95. The molecule has 1 aliphatic rings. The third-order valence-electron chi connectivity index (χ3n) is 2.62. The molecule has 0 spiro atoms. The van der Waals surface area contributed by atoms with Crippen molar-refractivity contribution in [2.75, 3.05) is 25.6 Å². The van der Waals surface area contributed by atoms with Crippen molar-refractivity contribution in [2.24, 2.45) is 0 Å². The van der Waals surface area contributed by atoms with Gasteiger partial charge in [0.05, 0.1) is 12.3 Å². The monoisotopic (exact) mass is 257 g/mol. The Kier molecular flexibility index (Phi) is 4.39. The van der Waals surface area contributed by atoms with E-state index in [1.54, 1.807) is 7.05 Å². The smallest absolute Gasteiger partial charge is 0.237 e. The lowest BCUT2D eigenvalue weighted by atomic mass is 10.1. The summed E-state index contributed by atoms with van der Waals surface area (Å²) in [5.41, 5.74) is 0. The van der Waals surface area contributed by atoms with Crippen LogP contribution in [0.1, 0.15) is 19.3 Å². The molecular weight excluding hydrogens is 242 g/mol. The van der Waals surface area contributed by atoms with Gasteiger partial charge < -0.3 is 14.8 Å². The van der Waals surface area contributed by atoms with Crippen molar-refractivity contribution in [3.63, 3.8) is 0 Å². The lowest BCUT2D eigenvalue weighted by Crippen LogP contribution is -2.26. The van der Waals surface area contributed by atoms with Crippen LogP contribution in [0.4, 0.5) is 5.95 Å². The topological polar surface area (TPSA) is 56.3 Å². The molecule has 0 saturated carbocycles. The number of halogens is 1. The molecule has 1 aromatic heterocycles. The first-order chi connectivity index (χ1) is 8.29. The number of hydrogen-bond acceptors (Lipinski definition) is 5. The van der Waals surface area contributed by atoms with Crippen molar-refractivity contribution < 1.29 is 9.47 Å². The van der Waals surface area contributed by atoms with Crippen LogP contribution in [0.5, 0.6) is 5.88 Å². The molecule has 5 nitrogen and oxygen atoms in total. The summed E-state index contributed by atoms with van der Waals surface area (Å²) in [6.45, 7) is 1.30. The molecule has 1 N–H and O–H groups in total. The highest BCUT2D eigenvalue weighted by Crippen LogP contribution is 2.23. The number of nitrogens with zero attached hydrogens (tertiary/aromatic N) is 2. The summed E-state index contributed by atoms with van der Waals surface area (Å²) < 4.78 is 11.1. The van der Waals surface area contributed by atoms with Crippen LogP contribution in [0.2, 0.25) is 5.02 Å². The number of anilines is 1. The summed E-state index contributed by atoms with van der Waals surface area (Å²) in [6.07, 6.45) is 5.02. The third kappa shape index (κ3) is 3.44. The van der Waals surface area contributed by atoms with Crippen LogP contribution >= 0.6 is 11.6 Å². The third-order valence-corrected chi connectivity index (χ3v) is 2.87. The second-order valence-corrected chi connectivity index (χ2v) is 4.30. The van der Waals surface area contributed by atoms with E-state index in [-0.39, 0.29) is 6.10 Å². The molecule has 1 saturated heterocycles. The maximum absolute atomic E-state index is 5.95. The Labute approximate surface area is 105 Å². The van der Waals surface area contributed by atoms with Crippen molar-refractivity contribution in [2.45, 2.75) is 25.4 Å². The van der Waals surface area contributed by atoms with Gasteiger partial charge in [-0.15, -0.1) is 0 Å². The van der Waals surface area contributed by atoms with Gasteiger partial charge in [-0.2, -0.15) is 4.98 Å². The molecule has 2 heterocycles. The van der Waals surface area contributed by atoms with Gasteiger partial charge in [-0.25, -0.2) is 4.98 Å². The first kappa shape index (κ1) is 12.4. The Morgan fingerprint density at radius 3 is 3.18 bits per heavy atom. The minimum Gasteiger partial charge on any atom is -0.474 e. The zero-order valence-corrected chi connectivity index (χ0v) is 10.5. The number of hydrogen-bond donors (Lipinski definition) is 1. The molecule has 1 aliphatic heterocycles. The minimum absolute atomic E-state index is 0.146. The van der Waals surface area contributed by atoms with Crippen molar-refractivity contribution in [3.8, 4) is 5.88 Å². The summed E-state index contributed by atoms with van der Waals surface area (Å²) in [5.74, 6) is 0.897. The first-order valence-corrected chi connectivity index (χ1v) is 6.12. The fourth-order valence-electron chi connectivity index (χ4n) is 1.68. The number of ether oxygens (including phenoxy) is 2. The fourth-order valence-corrected chi connectivity index (χ4v) is 1.83. The largest absolute Gasteiger partial charge is 0.474 e. The standard InChI is InChI=1S/C11H16ClN3O2/c1-13-11-14-6-9(12)10(15-11)17-7-8-4-2-3-5-16-8/h6,8H,2-5,7H2,1H3,(H,13,14,15). The van der Waals surface area contributed by atoms with E-state index in [0.717, 1.165) is 19.4 Å². The Morgan fingerprint density at radius 2 is 2.47 bits per heavy atom. The zero-order valence-electron chi connectivity index (χ0n) is 9.78. The Morgan fingerprint density at radius 1 is 1.59 bits per heavy atom. The molecule has 1 unspecified atom stereocenters. The summed E-state index contributed by atoms with van der Waals surface area (Å²) >= 11 is 5.95. The van der Waals surface area contributed by atoms with E-state index in [1.807, 2.05) is 0 Å². The van der Waals surface area contributed by atoms with Crippen LogP contribution in [0, 0.1) is 0 Å². The molecule has 0 aliphatic carbocycles. The van der Waals surface area contributed by atoms with E-state index in [0.29, 0.717) is 23.5 Å². The van der Waals surface area contributed by atoms with Gasteiger partial charge in [0.25, 0.3) is 0 Å². The van der Waals surface area contributed by atoms with Crippen LogP contribution in [-0.4, -0.2) is 36.3 Å². The van der Waals surface area contributed by atoms with Gasteiger partial charge in [0.1, 0.15) is 11.6 Å². The second-order valence-electron chi connectivity index (χ2n) is 3.90. The predicted octanol–water partition coefficient (Wildman–Crippen LogP) is 2.12. The average molecular weight is 258 g/mol. The summed E-state index contributed by atoms with van der Waals surface area (Å²) in [7, 11) is 1.75. The predicted molar refractivity (Wildman–Crippen MR) is 65.7 cm³/mol. The van der Waals surface area contributed by atoms with Gasteiger partial charge in [-0.3, -0.25) is 0 Å². The zero-order chi connectivity index (χ0) is 12.1. The quantitative estimate of drug-likeness (QED) is 0.895. The summed E-state index contributed by atoms with van der Waals surface area (Å²) in [6, 6.07) is 0. The van der Waals surface area contributed by atoms with Crippen LogP contribution in [0.15, 0.2) is 6.20 Å². The van der Waals surface area contributed by atoms with E-state index >= 15 is 0 Å². The summed E-state index contributed by atoms with van der Waals surface area (Å²) in [4.78, 5) is 8.13. The number of nitrogens with one attached hydrogen (secondary N) is 1. The van der Waals surface area contributed by atoms with E-state index in [2.05, 4.69) is 15.3 Å². The fraction of sp³-hybridized carbons (Fsp3) is 0.636. The minimum atomic E-state index is 0.146. The van der Waals surface area contributed by atoms with Crippen molar-refractivity contribution in [3.05, 3.63) is 11.2 Å². The molecule has 6 heteroatoms. The lowest BCUT2D eigenvalue weighted by Gasteiger charge is -2.22. The maximum Gasteiger partial charge on any atom is 0.237 e. The van der Waals surface area contributed by atoms with Gasteiger partial charge >= 0.3 is 0 Å². The molecule has 0 radical (unpaired) electrons. The molecule has 1 aromatic rings. The van der Waals surface area contributed by atoms with Crippen molar-refractivity contribution in [1.29, 1.82) is 0 Å². The molecule has 94 valence electrons. The van der Waals surface area contributed by atoms with E-state index in [4.69, 9.17) is 21.1 Å². The summed E-state index contributed by atoms with van der Waals surface area (Å²) in [5, 5.41) is 3.26. The highest BCUT2D eigenvalue weighted by molar-refractivity contribution is 6.31. The molecule has 17 heavy (non-hydrogen) atoms. The average Bonchev–Trinajstić information content (AvgIpc) is 2.39. The SMILES string of the molecule is CNc1ncc(Cl)c(OCC2CCCCO2)n1. The highest BCUT2D eigenvalue weighted by Gasteiger charge is 2.16. The van der Waals surface area contributed by atoms with Crippen LogP contribution in [0.3, 0.4) is 0 Å². The van der Waals surface area contributed by atoms with Crippen molar-refractivity contribution >= 4 is 17.5 Å².